The lowest BCUT2D eigenvalue weighted by atomic mass is 9.83. The lowest BCUT2D eigenvalue weighted by molar-refractivity contribution is -0.0604. The van der Waals surface area contributed by atoms with Crippen molar-refractivity contribution in [3.05, 3.63) is 41.4 Å². The largest absolute Gasteiger partial charge is 0.368 e. The third-order valence-electron chi connectivity index (χ3n) is 5.00. The summed E-state index contributed by atoms with van der Waals surface area (Å²) < 4.78 is 6.41. The summed E-state index contributed by atoms with van der Waals surface area (Å²) in [5.41, 5.74) is 2.14. The van der Waals surface area contributed by atoms with Crippen LogP contribution < -0.4 is 9.80 Å². The van der Waals surface area contributed by atoms with Crippen LogP contribution in [0, 0.1) is 11.3 Å². The van der Waals surface area contributed by atoms with Gasteiger partial charge in [-0.1, -0.05) is 18.2 Å². The minimum absolute atomic E-state index is 0.242. The second-order valence-electron chi connectivity index (χ2n) is 6.24. The molecule has 2 aliphatic heterocycles. The number of hydrogen-bond acceptors (Lipinski definition) is 6. The summed E-state index contributed by atoms with van der Waals surface area (Å²) in [5.74, 6) is 0. The van der Waals surface area contributed by atoms with E-state index in [2.05, 4.69) is 39.1 Å². The molecule has 0 amide bonds. The van der Waals surface area contributed by atoms with Gasteiger partial charge in [-0.25, -0.2) is 4.98 Å². The Balaban J connectivity index is 1.63. The van der Waals surface area contributed by atoms with E-state index < -0.39 is 0 Å². The standard InChI is InChI=1S/C18H20N4OS/c19-7-11-21-12-13-23-18(15-3-1-2-4-16(15)21)5-9-22(10-6-18)17-20-8-14-24-17/h1-4,8,14H,5-6,9-13H2. The third-order valence-corrected chi connectivity index (χ3v) is 5.83. The second-order valence-corrected chi connectivity index (χ2v) is 7.11. The molecule has 0 atom stereocenters. The van der Waals surface area contributed by atoms with Crippen molar-refractivity contribution in [3.63, 3.8) is 0 Å². The molecule has 2 aromatic rings. The van der Waals surface area contributed by atoms with Crippen LogP contribution in [0.3, 0.4) is 0 Å². The van der Waals surface area contributed by atoms with Gasteiger partial charge in [0.15, 0.2) is 5.13 Å². The molecule has 1 aromatic heterocycles. The molecule has 1 fully saturated rings. The van der Waals surface area contributed by atoms with Gasteiger partial charge < -0.3 is 14.5 Å². The summed E-state index contributed by atoms with van der Waals surface area (Å²) in [6, 6.07) is 10.7. The molecule has 0 bridgehead atoms. The van der Waals surface area contributed by atoms with Gasteiger partial charge in [-0.3, -0.25) is 0 Å². The van der Waals surface area contributed by atoms with Crippen molar-refractivity contribution in [3.8, 4) is 6.07 Å². The molecule has 0 unspecified atom stereocenters. The van der Waals surface area contributed by atoms with Gasteiger partial charge in [0.2, 0.25) is 0 Å². The van der Waals surface area contributed by atoms with Crippen molar-refractivity contribution in [2.75, 3.05) is 42.6 Å². The van der Waals surface area contributed by atoms with Gasteiger partial charge in [0.05, 0.1) is 18.3 Å². The van der Waals surface area contributed by atoms with Crippen LogP contribution >= 0.6 is 11.3 Å². The number of ether oxygens (including phenoxy) is 1. The molecule has 1 aromatic carbocycles. The summed E-state index contributed by atoms with van der Waals surface area (Å²) in [6.45, 7) is 3.72. The molecule has 0 saturated carbocycles. The number of anilines is 2. The van der Waals surface area contributed by atoms with Crippen LogP contribution in [-0.2, 0) is 10.3 Å². The van der Waals surface area contributed by atoms with E-state index in [1.54, 1.807) is 11.3 Å². The summed E-state index contributed by atoms with van der Waals surface area (Å²) in [4.78, 5) is 8.92. The first-order valence-corrected chi connectivity index (χ1v) is 9.20. The normalized spacial score (nSPS) is 19.6. The average Bonchev–Trinajstić information content (AvgIpc) is 3.12. The fourth-order valence-corrected chi connectivity index (χ4v) is 4.48. The second kappa shape index (κ2) is 6.42. The highest BCUT2D eigenvalue weighted by Gasteiger charge is 2.41. The topological polar surface area (TPSA) is 52.4 Å². The lowest BCUT2D eigenvalue weighted by Crippen LogP contribution is -2.44. The predicted octanol–water partition coefficient (Wildman–Crippen LogP) is 3.00. The number of para-hydroxylation sites is 1. The van der Waals surface area contributed by atoms with Crippen LogP contribution in [0.25, 0.3) is 0 Å². The van der Waals surface area contributed by atoms with Crippen LogP contribution in [-0.4, -0.2) is 37.8 Å². The number of fused-ring (bicyclic) bond motifs is 2. The lowest BCUT2D eigenvalue weighted by Gasteiger charge is -2.41. The molecule has 0 aliphatic carbocycles. The van der Waals surface area contributed by atoms with E-state index in [-0.39, 0.29) is 5.60 Å². The van der Waals surface area contributed by atoms with E-state index in [9.17, 15) is 0 Å². The van der Waals surface area contributed by atoms with E-state index >= 15 is 0 Å². The monoisotopic (exact) mass is 340 g/mol. The molecule has 2 aliphatic rings. The molecule has 4 rings (SSSR count). The highest BCUT2D eigenvalue weighted by atomic mass is 32.1. The van der Waals surface area contributed by atoms with Gasteiger partial charge in [0, 0.05) is 42.5 Å². The van der Waals surface area contributed by atoms with Crippen molar-refractivity contribution in [2.24, 2.45) is 0 Å². The van der Waals surface area contributed by atoms with Crippen molar-refractivity contribution in [1.82, 2.24) is 4.98 Å². The zero-order valence-electron chi connectivity index (χ0n) is 13.5. The Labute approximate surface area is 146 Å². The number of nitriles is 1. The van der Waals surface area contributed by atoms with E-state index in [1.165, 1.54) is 5.56 Å². The van der Waals surface area contributed by atoms with Gasteiger partial charge in [-0.2, -0.15) is 5.26 Å². The summed E-state index contributed by atoms with van der Waals surface area (Å²) in [7, 11) is 0. The van der Waals surface area contributed by atoms with E-state index in [4.69, 9.17) is 10.00 Å². The first-order valence-electron chi connectivity index (χ1n) is 8.32. The molecule has 24 heavy (non-hydrogen) atoms. The van der Waals surface area contributed by atoms with Crippen LogP contribution in [0.2, 0.25) is 0 Å². The van der Waals surface area contributed by atoms with Crippen molar-refractivity contribution < 1.29 is 4.74 Å². The molecule has 0 radical (unpaired) electrons. The highest BCUT2D eigenvalue weighted by Crippen LogP contribution is 2.43. The predicted molar refractivity (Wildman–Crippen MR) is 95.5 cm³/mol. The molecule has 6 heteroatoms. The summed E-state index contributed by atoms with van der Waals surface area (Å²) in [5, 5.41) is 12.3. The highest BCUT2D eigenvalue weighted by molar-refractivity contribution is 7.13. The Bertz CT molecular complexity index is 732. The van der Waals surface area contributed by atoms with Gasteiger partial charge in [0.1, 0.15) is 6.54 Å². The molecule has 3 heterocycles. The maximum atomic E-state index is 9.13. The quantitative estimate of drug-likeness (QED) is 0.787. The van der Waals surface area contributed by atoms with Crippen molar-refractivity contribution in [2.45, 2.75) is 18.4 Å². The van der Waals surface area contributed by atoms with Crippen LogP contribution in [0.5, 0.6) is 0 Å². The Morgan fingerprint density at radius 3 is 2.83 bits per heavy atom. The number of nitrogens with zero attached hydrogens (tertiary/aromatic N) is 4. The fraction of sp³-hybridized carbons (Fsp3) is 0.444. The van der Waals surface area contributed by atoms with Gasteiger partial charge >= 0.3 is 0 Å². The Kier molecular flexibility index (Phi) is 4.13. The van der Waals surface area contributed by atoms with Gasteiger partial charge in [-0.15, -0.1) is 11.3 Å². The van der Waals surface area contributed by atoms with E-state index in [0.29, 0.717) is 13.2 Å². The fourth-order valence-electron chi connectivity index (χ4n) is 3.78. The Morgan fingerprint density at radius 2 is 2.08 bits per heavy atom. The van der Waals surface area contributed by atoms with Crippen LogP contribution in [0.15, 0.2) is 35.8 Å². The molecular formula is C18H20N4OS. The first-order chi connectivity index (χ1) is 11.8. The minimum Gasteiger partial charge on any atom is -0.368 e. The maximum Gasteiger partial charge on any atom is 0.185 e. The number of aromatic nitrogens is 1. The van der Waals surface area contributed by atoms with Crippen LogP contribution in [0.4, 0.5) is 10.8 Å². The van der Waals surface area contributed by atoms with Gasteiger partial charge in [0.25, 0.3) is 0 Å². The van der Waals surface area contributed by atoms with Crippen molar-refractivity contribution in [1.29, 1.82) is 5.26 Å². The van der Waals surface area contributed by atoms with E-state index in [0.717, 1.165) is 43.3 Å². The molecule has 5 nitrogen and oxygen atoms in total. The molecule has 1 saturated heterocycles. The van der Waals surface area contributed by atoms with Crippen LogP contribution in [0.1, 0.15) is 18.4 Å². The number of thiazole rings is 1. The maximum absolute atomic E-state index is 9.13. The minimum atomic E-state index is -0.242. The number of benzene rings is 1. The summed E-state index contributed by atoms with van der Waals surface area (Å²) >= 11 is 1.69. The Morgan fingerprint density at radius 1 is 1.25 bits per heavy atom. The van der Waals surface area contributed by atoms with E-state index in [1.807, 2.05) is 17.6 Å². The smallest absolute Gasteiger partial charge is 0.185 e. The third kappa shape index (κ3) is 2.64. The first kappa shape index (κ1) is 15.4. The molecular weight excluding hydrogens is 320 g/mol. The molecule has 124 valence electrons. The van der Waals surface area contributed by atoms with Crippen molar-refractivity contribution >= 4 is 22.2 Å². The zero-order valence-corrected chi connectivity index (χ0v) is 14.3. The SMILES string of the molecule is N#CCN1CCOC2(CCN(c3nccs3)CC2)c2ccccc21. The number of rotatable bonds is 2. The molecule has 0 N–H and O–H groups in total. The zero-order chi connectivity index (χ0) is 16.4. The summed E-state index contributed by atoms with van der Waals surface area (Å²) in [6.07, 6.45) is 3.76. The number of hydrogen-bond donors (Lipinski definition) is 0. The Hall–Kier alpha value is -2.10. The van der Waals surface area contributed by atoms with Gasteiger partial charge in [-0.05, 0) is 18.9 Å². The average molecular weight is 340 g/mol. The number of piperidine rings is 1. The molecule has 1 spiro atoms.